The second-order valence-electron chi connectivity index (χ2n) is 5.16. The Morgan fingerprint density at radius 2 is 2.28 bits per heavy atom. The highest BCUT2D eigenvalue weighted by molar-refractivity contribution is 5.97. The van der Waals surface area contributed by atoms with Crippen LogP contribution in [0.5, 0.6) is 0 Å². The first-order chi connectivity index (χ1) is 8.69. The van der Waals surface area contributed by atoms with Gasteiger partial charge in [0.25, 0.3) is 0 Å². The summed E-state index contributed by atoms with van der Waals surface area (Å²) in [6.07, 6.45) is 4.12. The second kappa shape index (κ2) is 5.87. The van der Waals surface area contributed by atoms with Crippen molar-refractivity contribution in [3.63, 3.8) is 0 Å². The lowest BCUT2D eigenvalue weighted by molar-refractivity contribution is 0.314. The molecular formula is C14H21N3O. The minimum atomic E-state index is 0.164. The molecule has 1 aromatic rings. The van der Waals surface area contributed by atoms with E-state index in [1.54, 1.807) is 0 Å². The first-order valence-electron chi connectivity index (χ1n) is 6.44. The fourth-order valence-corrected chi connectivity index (χ4v) is 2.09. The number of benzene rings is 1. The van der Waals surface area contributed by atoms with E-state index >= 15 is 0 Å². The quantitative estimate of drug-likeness (QED) is 0.350. The van der Waals surface area contributed by atoms with Gasteiger partial charge in [0.2, 0.25) is 0 Å². The molecule has 1 aliphatic rings. The van der Waals surface area contributed by atoms with Gasteiger partial charge < -0.3 is 15.8 Å². The summed E-state index contributed by atoms with van der Waals surface area (Å²) in [4.78, 5) is 2.32. The third-order valence-corrected chi connectivity index (χ3v) is 3.40. The topological polar surface area (TPSA) is 61.8 Å². The van der Waals surface area contributed by atoms with Crippen molar-refractivity contribution >= 4 is 5.84 Å². The van der Waals surface area contributed by atoms with E-state index in [0.29, 0.717) is 0 Å². The van der Waals surface area contributed by atoms with Crippen LogP contribution in [0.4, 0.5) is 0 Å². The number of rotatable bonds is 6. The molecule has 98 valence electrons. The molecule has 1 aliphatic carbocycles. The normalized spacial score (nSPS) is 16.2. The maximum absolute atomic E-state index is 8.67. The van der Waals surface area contributed by atoms with Crippen molar-refractivity contribution < 1.29 is 5.21 Å². The van der Waals surface area contributed by atoms with Crippen LogP contribution in [-0.2, 0) is 6.54 Å². The highest BCUT2D eigenvalue weighted by atomic mass is 16.4. The standard InChI is InChI=1S/C14H21N3O/c1-17(8-7-11-5-6-11)10-12-3-2-4-13(9-12)14(15)16-18/h2-4,9,11,18H,5-8,10H2,1H3,(H2,15,16). The summed E-state index contributed by atoms with van der Waals surface area (Å²) in [5.74, 6) is 1.13. The van der Waals surface area contributed by atoms with Crippen molar-refractivity contribution in [3.8, 4) is 0 Å². The van der Waals surface area contributed by atoms with E-state index in [0.717, 1.165) is 24.6 Å². The van der Waals surface area contributed by atoms with Crippen LogP contribution in [0.2, 0.25) is 0 Å². The SMILES string of the molecule is CN(CCC1CC1)Cc1cccc(C(N)=NO)c1. The highest BCUT2D eigenvalue weighted by Crippen LogP contribution is 2.32. The van der Waals surface area contributed by atoms with Gasteiger partial charge in [0.15, 0.2) is 5.84 Å². The molecule has 0 amide bonds. The summed E-state index contributed by atoms with van der Waals surface area (Å²) in [6, 6.07) is 7.84. The van der Waals surface area contributed by atoms with Gasteiger partial charge >= 0.3 is 0 Å². The molecule has 0 aromatic heterocycles. The van der Waals surface area contributed by atoms with Crippen LogP contribution in [0, 0.1) is 5.92 Å². The number of hydrogen-bond donors (Lipinski definition) is 2. The van der Waals surface area contributed by atoms with E-state index < -0.39 is 0 Å². The number of hydrogen-bond acceptors (Lipinski definition) is 3. The van der Waals surface area contributed by atoms with Gasteiger partial charge in [0, 0.05) is 12.1 Å². The molecule has 1 aromatic carbocycles. The van der Waals surface area contributed by atoms with Crippen LogP contribution >= 0.6 is 0 Å². The molecule has 0 atom stereocenters. The van der Waals surface area contributed by atoms with E-state index in [9.17, 15) is 0 Å². The average molecular weight is 247 g/mol. The summed E-state index contributed by atoms with van der Waals surface area (Å²) < 4.78 is 0. The molecular weight excluding hydrogens is 226 g/mol. The van der Waals surface area contributed by atoms with Gasteiger partial charge in [-0.05, 0) is 37.6 Å². The molecule has 0 radical (unpaired) electrons. The van der Waals surface area contributed by atoms with Gasteiger partial charge in [-0.25, -0.2) is 0 Å². The average Bonchev–Trinajstić information content (AvgIpc) is 3.20. The van der Waals surface area contributed by atoms with Crippen molar-refractivity contribution in [2.75, 3.05) is 13.6 Å². The molecule has 1 saturated carbocycles. The first kappa shape index (κ1) is 12.9. The lowest BCUT2D eigenvalue weighted by Crippen LogP contribution is -2.20. The van der Waals surface area contributed by atoms with Crippen LogP contribution in [0.3, 0.4) is 0 Å². The first-order valence-corrected chi connectivity index (χ1v) is 6.44. The molecule has 0 bridgehead atoms. The van der Waals surface area contributed by atoms with Crippen LogP contribution in [0.15, 0.2) is 29.4 Å². The molecule has 3 N–H and O–H groups in total. The van der Waals surface area contributed by atoms with Gasteiger partial charge in [-0.2, -0.15) is 0 Å². The Balaban J connectivity index is 1.91. The van der Waals surface area contributed by atoms with Crippen LogP contribution in [0.1, 0.15) is 30.4 Å². The number of oxime groups is 1. The fourth-order valence-electron chi connectivity index (χ4n) is 2.09. The Bertz CT molecular complexity index is 427. The highest BCUT2D eigenvalue weighted by Gasteiger charge is 2.21. The molecule has 2 rings (SSSR count). The van der Waals surface area contributed by atoms with E-state index in [1.807, 2.05) is 18.2 Å². The summed E-state index contributed by atoms with van der Waals surface area (Å²) in [5.41, 5.74) is 7.55. The molecule has 1 fully saturated rings. The lowest BCUT2D eigenvalue weighted by atomic mass is 10.1. The van der Waals surface area contributed by atoms with Crippen molar-refractivity contribution in [3.05, 3.63) is 35.4 Å². The van der Waals surface area contributed by atoms with E-state index in [1.165, 1.54) is 24.8 Å². The molecule has 0 unspecified atom stereocenters. The Hall–Kier alpha value is -1.55. The second-order valence-corrected chi connectivity index (χ2v) is 5.16. The van der Waals surface area contributed by atoms with Gasteiger partial charge in [0.1, 0.15) is 0 Å². The summed E-state index contributed by atoms with van der Waals surface area (Å²) in [5, 5.41) is 11.7. The predicted molar refractivity (Wildman–Crippen MR) is 72.6 cm³/mol. The summed E-state index contributed by atoms with van der Waals surface area (Å²) in [6.45, 7) is 2.04. The maximum Gasteiger partial charge on any atom is 0.170 e. The minimum absolute atomic E-state index is 0.164. The Kier molecular flexibility index (Phi) is 4.20. The van der Waals surface area contributed by atoms with Crippen molar-refractivity contribution in [1.82, 2.24) is 4.90 Å². The van der Waals surface area contributed by atoms with Crippen LogP contribution in [0.25, 0.3) is 0 Å². The molecule has 0 spiro atoms. The summed E-state index contributed by atoms with van der Waals surface area (Å²) >= 11 is 0. The Labute approximate surface area is 108 Å². The smallest absolute Gasteiger partial charge is 0.170 e. The van der Waals surface area contributed by atoms with Crippen LogP contribution < -0.4 is 5.73 Å². The summed E-state index contributed by atoms with van der Waals surface area (Å²) in [7, 11) is 2.14. The molecule has 0 heterocycles. The van der Waals surface area contributed by atoms with Gasteiger partial charge in [0.05, 0.1) is 0 Å². The molecule has 0 saturated heterocycles. The Morgan fingerprint density at radius 1 is 1.50 bits per heavy atom. The third kappa shape index (κ3) is 3.74. The Morgan fingerprint density at radius 3 is 2.94 bits per heavy atom. The van der Waals surface area contributed by atoms with Gasteiger partial charge in [-0.3, -0.25) is 0 Å². The van der Waals surface area contributed by atoms with E-state index in [-0.39, 0.29) is 5.84 Å². The van der Waals surface area contributed by atoms with E-state index in [4.69, 9.17) is 10.9 Å². The molecule has 18 heavy (non-hydrogen) atoms. The van der Waals surface area contributed by atoms with Crippen molar-refractivity contribution in [2.24, 2.45) is 16.8 Å². The number of amidine groups is 1. The lowest BCUT2D eigenvalue weighted by Gasteiger charge is -2.16. The van der Waals surface area contributed by atoms with Gasteiger partial charge in [-0.1, -0.05) is 36.2 Å². The van der Waals surface area contributed by atoms with E-state index in [2.05, 4.69) is 23.2 Å². The maximum atomic E-state index is 8.67. The largest absolute Gasteiger partial charge is 0.409 e. The van der Waals surface area contributed by atoms with Crippen molar-refractivity contribution in [2.45, 2.75) is 25.8 Å². The predicted octanol–water partition coefficient (Wildman–Crippen LogP) is 2.01. The minimum Gasteiger partial charge on any atom is -0.409 e. The number of nitrogens with two attached hydrogens (primary N) is 1. The molecule has 0 aliphatic heterocycles. The number of nitrogens with zero attached hydrogens (tertiary/aromatic N) is 2. The zero-order valence-electron chi connectivity index (χ0n) is 10.8. The fraction of sp³-hybridized carbons (Fsp3) is 0.500. The van der Waals surface area contributed by atoms with Gasteiger partial charge in [-0.15, -0.1) is 0 Å². The molecule has 4 heteroatoms. The van der Waals surface area contributed by atoms with Crippen molar-refractivity contribution in [1.29, 1.82) is 0 Å². The zero-order chi connectivity index (χ0) is 13.0. The monoisotopic (exact) mass is 247 g/mol. The van der Waals surface area contributed by atoms with Crippen LogP contribution in [-0.4, -0.2) is 29.5 Å². The zero-order valence-corrected chi connectivity index (χ0v) is 10.8. The third-order valence-electron chi connectivity index (χ3n) is 3.40. The molecule has 4 nitrogen and oxygen atoms in total.